The Labute approximate surface area is 117 Å². The number of rotatable bonds is 3. The van der Waals surface area contributed by atoms with Gasteiger partial charge in [0.05, 0.1) is 11.1 Å². The van der Waals surface area contributed by atoms with Gasteiger partial charge in [-0.2, -0.15) is 18.3 Å². The van der Waals surface area contributed by atoms with Crippen LogP contribution in [0.25, 0.3) is 10.9 Å². The van der Waals surface area contributed by atoms with Crippen molar-refractivity contribution in [2.24, 2.45) is 0 Å². The molecule has 10 heteroatoms. The second kappa shape index (κ2) is 5.02. The highest BCUT2D eigenvalue weighted by molar-refractivity contribution is 7.91. The molecule has 0 aliphatic heterocycles. The number of carbonyl (C=O) groups is 1. The summed E-state index contributed by atoms with van der Waals surface area (Å²) in [6.07, 6.45) is -3.70. The molecule has 114 valence electrons. The first-order chi connectivity index (χ1) is 9.58. The highest BCUT2D eigenvalue weighted by Gasteiger charge is 2.33. The summed E-state index contributed by atoms with van der Waals surface area (Å²) in [7, 11) is -3.54. The number of alkyl halides is 3. The number of benzene rings is 1. The molecule has 0 unspecified atom stereocenters. The molecule has 6 nitrogen and oxygen atoms in total. The number of nitrogens with one attached hydrogen (secondary N) is 2. The standard InChI is InChI=1S/C11H10F3N3O3S/c1-21(19,20)5-8(18)15-10-6-3-2-4-7(11(12,13)14)9(6)16-17-10/h2-4H,5H2,1H3,(H2,15,16,17,18). The number of anilines is 1. The number of nitrogens with zero attached hydrogens (tertiary/aromatic N) is 1. The molecule has 0 aliphatic carbocycles. The van der Waals surface area contributed by atoms with Crippen LogP contribution in [0.4, 0.5) is 19.0 Å². The third-order valence-corrected chi connectivity index (χ3v) is 3.34. The van der Waals surface area contributed by atoms with Crippen LogP contribution in [-0.4, -0.2) is 36.5 Å². The number of aromatic amines is 1. The Morgan fingerprint density at radius 1 is 1.38 bits per heavy atom. The molecule has 0 saturated carbocycles. The number of aromatic nitrogens is 2. The molecule has 0 atom stereocenters. The molecule has 0 saturated heterocycles. The van der Waals surface area contributed by atoms with Gasteiger partial charge >= 0.3 is 6.18 Å². The number of hydrogen-bond acceptors (Lipinski definition) is 4. The molecule has 0 aliphatic rings. The third-order valence-electron chi connectivity index (χ3n) is 2.56. The lowest BCUT2D eigenvalue weighted by Gasteiger charge is -2.07. The van der Waals surface area contributed by atoms with Crippen molar-refractivity contribution in [1.29, 1.82) is 0 Å². The van der Waals surface area contributed by atoms with Gasteiger partial charge < -0.3 is 5.32 Å². The van der Waals surface area contributed by atoms with Crippen molar-refractivity contribution in [3.8, 4) is 0 Å². The number of amides is 1. The van der Waals surface area contributed by atoms with Crippen LogP contribution < -0.4 is 5.32 Å². The van der Waals surface area contributed by atoms with E-state index in [4.69, 9.17) is 0 Å². The zero-order valence-electron chi connectivity index (χ0n) is 10.7. The van der Waals surface area contributed by atoms with Gasteiger partial charge in [0.1, 0.15) is 5.75 Å². The van der Waals surface area contributed by atoms with E-state index in [1.165, 1.54) is 12.1 Å². The summed E-state index contributed by atoms with van der Waals surface area (Å²) in [5, 5.41) is 8.01. The van der Waals surface area contributed by atoms with E-state index >= 15 is 0 Å². The molecule has 1 heterocycles. The quantitative estimate of drug-likeness (QED) is 0.897. The van der Waals surface area contributed by atoms with E-state index in [1.54, 1.807) is 0 Å². The second-order valence-corrected chi connectivity index (χ2v) is 6.56. The highest BCUT2D eigenvalue weighted by atomic mass is 32.2. The van der Waals surface area contributed by atoms with Gasteiger partial charge in [0.2, 0.25) is 5.91 Å². The third kappa shape index (κ3) is 3.51. The van der Waals surface area contributed by atoms with Gasteiger partial charge in [0.15, 0.2) is 15.7 Å². The van der Waals surface area contributed by atoms with Gasteiger partial charge in [-0.3, -0.25) is 9.89 Å². The average Bonchev–Trinajstić information content (AvgIpc) is 2.68. The molecule has 2 aromatic rings. The van der Waals surface area contributed by atoms with Crippen LogP contribution in [0.5, 0.6) is 0 Å². The van der Waals surface area contributed by atoms with E-state index in [0.29, 0.717) is 0 Å². The number of para-hydroxylation sites is 1. The molecule has 0 radical (unpaired) electrons. The predicted molar refractivity (Wildman–Crippen MR) is 69.4 cm³/mol. The van der Waals surface area contributed by atoms with Crippen molar-refractivity contribution in [3.05, 3.63) is 23.8 Å². The molecule has 0 spiro atoms. The number of halogens is 3. The maximum Gasteiger partial charge on any atom is 0.418 e. The van der Waals surface area contributed by atoms with Crippen molar-refractivity contribution in [3.63, 3.8) is 0 Å². The topological polar surface area (TPSA) is 91.9 Å². The summed E-state index contributed by atoms with van der Waals surface area (Å²) < 4.78 is 60.4. The summed E-state index contributed by atoms with van der Waals surface area (Å²) in [6, 6.07) is 3.39. The van der Waals surface area contributed by atoms with Crippen molar-refractivity contribution < 1.29 is 26.4 Å². The summed E-state index contributed by atoms with van der Waals surface area (Å²) >= 11 is 0. The molecule has 1 aromatic carbocycles. The van der Waals surface area contributed by atoms with Crippen LogP contribution in [0.1, 0.15) is 5.56 Å². The minimum atomic E-state index is -4.57. The Balaban J connectivity index is 2.38. The van der Waals surface area contributed by atoms with E-state index in [9.17, 15) is 26.4 Å². The molecular weight excluding hydrogens is 311 g/mol. The summed E-state index contributed by atoms with van der Waals surface area (Å²) in [4.78, 5) is 11.5. The molecule has 21 heavy (non-hydrogen) atoms. The Kier molecular flexibility index (Phi) is 3.66. The number of carbonyl (C=O) groups excluding carboxylic acids is 1. The molecule has 0 fully saturated rings. The van der Waals surface area contributed by atoms with Crippen LogP contribution in [0.15, 0.2) is 18.2 Å². The second-order valence-electron chi connectivity index (χ2n) is 4.42. The fraction of sp³-hybridized carbons (Fsp3) is 0.273. The van der Waals surface area contributed by atoms with Crippen molar-refractivity contribution in [2.75, 3.05) is 17.3 Å². The van der Waals surface area contributed by atoms with Gasteiger partial charge in [-0.15, -0.1) is 0 Å². The summed E-state index contributed by atoms with van der Waals surface area (Å²) in [5.74, 6) is -1.80. The first-order valence-electron chi connectivity index (χ1n) is 5.60. The molecule has 2 rings (SSSR count). The van der Waals surface area contributed by atoms with Crippen molar-refractivity contribution >= 4 is 32.5 Å². The van der Waals surface area contributed by atoms with Crippen molar-refractivity contribution in [2.45, 2.75) is 6.18 Å². The van der Waals surface area contributed by atoms with E-state index in [1.807, 2.05) is 0 Å². The van der Waals surface area contributed by atoms with Gasteiger partial charge in [-0.05, 0) is 12.1 Å². The lowest BCUT2D eigenvalue weighted by Crippen LogP contribution is -2.22. The van der Waals surface area contributed by atoms with Crippen LogP contribution >= 0.6 is 0 Å². The van der Waals surface area contributed by atoms with E-state index < -0.39 is 33.2 Å². The number of H-pyrrole nitrogens is 1. The first-order valence-corrected chi connectivity index (χ1v) is 7.66. The smallest absolute Gasteiger partial charge is 0.308 e. The summed E-state index contributed by atoms with van der Waals surface area (Å²) in [5.41, 5.74) is -1.20. The molecule has 1 amide bonds. The monoisotopic (exact) mass is 321 g/mol. The lowest BCUT2D eigenvalue weighted by molar-refractivity contribution is -0.136. The molecule has 1 aromatic heterocycles. The van der Waals surface area contributed by atoms with E-state index in [0.717, 1.165) is 12.3 Å². The Hall–Kier alpha value is -2.10. The van der Waals surface area contributed by atoms with Gasteiger partial charge in [0.25, 0.3) is 0 Å². The van der Waals surface area contributed by atoms with E-state index in [2.05, 4.69) is 15.5 Å². The van der Waals surface area contributed by atoms with Crippen LogP contribution in [-0.2, 0) is 20.8 Å². The van der Waals surface area contributed by atoms with Crippen LogP contribution in [0.2, 0.25) is 0 Å². The normalized spacial score (nSPS) is 12.6. The number of fused-ring (bicyclic) bond motifs is 1. The lowest BCUT2D eigenvalue weighted by atomic mass is 10.1. The Morgan fingerprint density at radius 2 is 2.05 bits per heavy atom. The predicted octanol–water partition coefficient (Wildman–Crippen LogP) is 1.56. The first kappa shape index (κ1) is 15.3. The Bertz CT molecular complexity index is 796. The summed E-state index contributed by atoms with van der Waals surface area (Å²) in [6.45, 7) is 0. The zero-order chi connectivity index (χ0) is 15.8. The van der Waals surface area contributed by atoms with Gasteiger partial charge in [-0.1, -0.05) is 6.07 Å². The van der Waals surface area contributed by atoms with E-state index in [-0.39, 0.29) is 16.7 Å². The SMILES string of the molecule is CS(=O)(=O)CC(=O)Nc1n[nH]c2c(C(F)(F)F)cccc12. The maximum absolute atomic E-state index is 12.8. The fourth-order valence-corrected chi connectivity index (χ4v) is 2.33. The zero-order valence-corrected chi connectivity index (χ0v) is 11.5. The number of hydrogen-bond donors (Lipinski definition) is 2. The Morgan fingerprint density at radius 3 is 2.62 bits per heavy atom. The minimum Gasteiger partial charge on any atom is -0.308 e. The van der Waals surface area contributed by atoms with Gasteiger partial charge in [-0.25, -0.2) is 8.42 Å². The van der Waals surface area contributed by atoms with Crippen LogP contribution in [0.3, 0.4) is 0 Å². The molecular formula is C11H10F3N3O3S. The minimum absolute atomic E-state index is 0.0478. The maximum atomic E-state index is 12.8. The molecule has 0 bridgehead atoms. The molecule has 2 N–H and O–H groups in total. The van der Waals surface area contributed by atoms with Crippen molar-refractivity contribution in [1.82, 2.24) is 10.2 Å². The average molecular weight is 321 g/mol. The highest BCUT2D eigenvalue weighted by Crippen LogP contribution is 2.35. The van der Waals surface area contributed by atoms with Gasteiger partial charge in [0, 0.05) is 11.6 Å². The number of sulfone groups is 1. The fourth-order valence-electron chi connectivity index (χ4n) is 1.78. The van der Waals surface area contributed by atoms with Crippen LogP contribution in [0, 0.1) is 0 Å². The largest absolute Gasteiger partial charge is 0.418 e.